The fourth-order valence-electron chi connectivity index (χ4n) is 1.71. The van der Waals surface area contributed by atoms with Crippen LogP contribution in [0.15, 0.2) is 0 Å². The molecule has 7 N–H and O–H groups in total. The Balaban J connectivity index is 0. The summed E-state index contributed by atoms with van der Waals surface area (Å²) in [6, 6.07) is 0. The Bertz CT molecular complexity index is 502. The molecule has 0 aromatic carbocycles. The van der Waals surface area contributed by atoms with Crippen molar-refractivity contribution in [2.24, 2.45) is 0 Å². The van der Waals surface area contributed by atoms with Crippen LogP contribution in [0.1, 0.15) is 46.0 Å². The predicted molar refractivity (Wildman–Crippen MR) is 91.3 cm³/mol. The average molecular weight is 412 g/mol. The van der Waals surface area contributed by atoms with Crippen molar-refractivity contribution in [3.8, 4) is 0 Å². The van der Waals surface area contributed by atoms with E-state index in [1.54, 1.807) is 0 Å². The Morgan fingerprint density at radius 1 is 0.821 bits per heavy atom. The average Bonchev–Trinajstić information content (AvgIpc) is 2.64. The van der Waals surface area contributed by atoms with E-state index in [0.717, 1.165) is 6.42 Å². The summed E-state index contributed by atoms with van der Waals surface area (Å²) in [6.45, 7) is 3.84. The Morgan fingerprint density at radius 2 is 1.25 bits per heavy atom. The minimum atomic E-state index is -2.37. The molecule has 0 bridgehead atoms. The van der Waals surface area contributed by atoms with E-state index in [-0.39, 0.29) is 13.0 Å². The highest BCUT2D eigenvalue weighted by Gasteiger charge is 2.48. The molecule has 12 nitrogen and oxygen atoms in total. The largest absolute Gasteiger partial charge is 0.479 e. The van der Waals surface area contributed by atoms with E-state index in [4.69, 9.17) is 30.3 Å². The number of hydrogen-bond acceptors (Lipinski definition) is 9. The van der Waals surface area contributed by atoms with Gasteiger partial charge in [-0.15, -0.1) is 0 Å². The first kappa shape index (κ1) is 27.9. The number of carbonyl (C=O) groups is 4. The molecule has 0 radical (unpaired) electrons. The van der Waals surface area contributed by atoms with E-state index in [1.165, 1.54) is 0 Å². The lowest BCUT2D eigenvalue weighted by Gasteiger charge is -2.28. The number of aliphatic hydroxyl groups is 4. The third-order valence-corrected chi connectivity index (χ3v) is 3.49. The number of esters is 1. The molecule has 0 amide bonds. The predicted octanol–water partition coefficient (Wildman–Crippen LogP) is -1.43. The molecular weight excluding hydrogens is 384 g/mol. The number of ether oxygens (including phenoxy) is 1. The van der Waals surface area contributed by atoms with Crippen molar-refractivity contribution >= 4 is 23.9 Å². The number of aliphatic hydroxyl groups excluding tert-OH is 3. The zero-order valence-electron chi connectivity index (χ0n) is 15.6. The second-order valence-electron chi connectivity index (χ2n) is 5.82. The summed E-state index contributed by atoms with van der Waals surface area (Å²) in [5, 5.41) is 60.7. The SMILES string of the molecule is CCCCOC(=O)C(O)(CCCC)C(O)C(=O)O.O=C(O)C(O)C(O)C(=O)O. The molecule has 28 heavy (non-hydrogen) atoms. The fraction of sp³-hybridized carbons (Fsp3) is 0.750. The van der Waals surface area contributed by atoms with Crippen LogP contribution in [-0.2, 0) is 23.9 Å². The molecule has 12 heteroatoms. The van der Waals surface area contributed by atoms with Crippen molar-refractivity contribution in [2.45, 2.75) is 69.9 Å². The fourth-order valence-corrected chi connectivity index (χ4v) is 1.71. The lowest BCUT2D eigenvalue weighted by atomic mass is 9.90. The molecule has 0 aliphatic carbocycles. The monoisotopic (exact) mass is 412 g/mol. The normalized spacial score (nSPS) is 15.8. The van der Waals surface area contributed by atoms with Gasteiger partial charge in [0.2, 0.25) is 0 Å². The van der Waals surface area contributed by atoms with Crippen LogP contribution in [0.4, 0.5) is 0 Å². The zero-order chi connectivity index (χ0) is 22.5. The number of hydrogen-bond donors (Lipinski definition) is 7. The molecule has 0 aliphatic rings. The third kappa shape index (κ3) is 9.60. The lowest BCUT2D eigenvalue weighted by molar-refractivity contribution is -0.189. The summed E-state index contributed by atoms with van der Waals surface area (Å²) in [6.07, 6.45) is -4.32. The van der Waals surface area contributed by atoms with E-state index < -0.39 is 47.8 Å². The molecule has 0 spiro atoms. The number of carboxylic acids is 3. The van der Waals surface area contributed by atoms with Crippen LogP contribution in [0.25, 0.3) is 0 Å². The van der Waals surface area contributed by atoms with Gasteiger partial charge in [0.25, 0.3) is 0 Å². The van der Waals surface area contributed by atoms with Gasteiger partial charge in [0.05, 0.1) is 6.61 Å². The number of aliphatic carboxylic acids is 3. The maximum Gasteiger partial charge on any atom is 0.341 e. The van der Waals surface area contributed by atoms with Gasteiger partial charge in [-0.2, -0.15) is 0 Å². The van der Waals surface area contributed by atoms with Gasteiger partial charge in [-0.1, -0.05) is 33.1 Å². The second-order valence-corrected chi connectivity index (χ2v) is 5.82. The molecule has 4 atom stereocenters. The molecule has 0 rings (SSSR count). The van der Waals surface area contributed by atoms with Gasteiger partial charge >= 0.3 is 23.9 Å². The lowest BCUT2D eigenvalue weighted by Crippen LogP contribution is -2.54. The Hall–Kier alpha value is -2.28. The van der Waals surface area contributed by atoms with Crippen LogP contribution in [0.2, 0.25) is 0 Å². The molecule has 0 aromatic rings. The molecule has 0 heterocycles. The van der Waals surface area contributed by atoms with Crippen LogP contribution < -0.4 is 0 Å². The molecule has 0 fully saturated rings. The zero-order valence-corrected chi connectivity index (χ0v) is 15.6. The van der Waals surface area contributed by atoms with Gasteiger partial charge in [0, 0.05) is 0 Å². The second kappa shape index (κ2) is 13.8. The third-order valence-electron chi connectivity index (χ3n) is 3.49. The Labute approximate surface area is 161 Å². The highest BCUT2D eigenvalue weighted by atomic mass is 16.6. The summed E-state index contributed by atoms with van der Waals surface area (Å²) in [5.74, 6) is -6.25. The smallest absolute Gasteiger partial charge is 0.341 e. The van der Waals surface area contributed by atoms with Crippen LogP contribution in [0.3, 0.4) is 0 Å². The number of rotatable bonds is 12. The van der Waals surface area contributed by atoms with Gasteiger partial charge in [0.15, 0.2) is 23.9 Å². The summed E-state index contributed by atoms with van der Waals surface area (Å²) >= 11 is 0. The minimum absolute atomic E-state index is 0.107. The van der Waals surface area contributed by atoms with Crippen LogP contribution in [-0.4, -0.2) is 90.1 Å². The van der Waals surface area contributed by atoms with E-state index in [9.17, 15) is 29.4 Å². The van der Waals surface area contributed by atoms with Crippen molar-refractivity contribution in [3.63, 3.8) is 0 Å². The summed E-state index contributed by atoms with van der Waals surface area (Å²) in [5.41, 5.74) is -2.37. The number of carbonyl (C=O) groups excluding carboxylic acids is 1. The molecule has 164 valence electrons. The summed E-state index contributed by atoms with van der Waals surface area (Å²) in [4.78, 5) is 42.0. The first-order chi connectivity index (χ1) is 12.9. The highest BCUT2D eigenvalue weighted by molar-refractivity contribution is 5.88. The van der Waals surface area contributed by atoms with Crippen molar-refractivity contribution in [1.29, 1.82) is 0 Å². The summed E-state index contributed by atoms with van der Waals surface area (Å²) in [7, 11) is 0. The van der Waals surface area contributed by atoms with Gasteiger partial charge in [0.1, 0.15) is 0 Å². The molecule has 0 aliphatic heterocycles. The van der Waals surface area contributed by atoms with Crippen molar-refractivity contribution < 1.29 is 59.7 Å². The van der Waals surface area contributed by atoms with Crippen LogP contribution in [0.5, 0.6) is 0 Å². The Kier molecular flexibility index (Phi) is 13.8. The van der Waals surface area contributed by atoms with Crippen molar-refractivity contribution in [2.75, 3.05) is 6.61 Å². The van der Waals surface area contributed by atoms with Crippen molar-refractivity contribution in [1.82, 2.24) is 0 Å². The molecule has 4 unspecified atom stereocenters. The van der Waals surface area contributed by atoms with Gasteiger partial charge < -0.3 is 40.5 Å². The number of carboxylic acid groups (broad SMARTS) is 3. The van der Waals surface area contributed by atoms with Gasteiger partial charge in [-0.05, 0) is 12.8 Å². The quantitative estimate of drug-likeness (QED) is 0.145. The first-order valence-electron chi connectivity index (χ1n) is 8.48. The maximum atomic E-state index is 11.7. The standard InChI is InChI=1S/C12H22O6.C4H6O6/c1-3-5-7-12(17,9(13)10(14)15)11(16)18-8-6-4-2;5-1(3(7)8)2(6)4(9)10/h9,13,17H,3-8H2,1-2H3,(H,14,15);1-2,5-6H,(H,7,8)(H,9,10). The highest BCUT2D eigenvalue weighted by Crippen LogP contribution is 2.21. The Morgan fingerprint density at radius 3 is 1.57 bits per heavy atom. The molecular formula is C16H28O12. The molecule has 0 saturated heterocycles. The van der Waals surface area contributed by atoms with Gasteiger partial charge in [-0.25, -0.2) is 19.2 Å². The summed E-state index contributed by atoms with van der Waals surface area (Å²) < 4.78 is 4.80. The van der Waals surface area contributed by atoms with E-state index in [1.807, 2.05) is 13.8 Å². The van der Waals surface area contributed by atoms with E-state index in [0.29, 0.717) is 19.3 Å². The van der Waals surface area contributed by atoms with Crippen LogP contribution in [0, 0.1) is 0 Å². The van der Waals surface area contributed by atoms with Gasteiger partial charge in [-0.3, -0.25) is 0 Å². The van der Waals surface area contributed by atoms with Crippen molar-refractivity contribution in [3.05, 3.63) is 0 Å². The van der Waals surface area contributed by atoms with E-state index in [2.05, 4.69) is 0 Å². The maximum absolute atomic E-state index is 11.7. The first-order valence-corrected chi connectivity index (χ1v) is 8.48. The molecule has 0 saturated carbocycles. The number of unbranched alkanes of at least 4 members (excludes halogenated alkanes) is 2. The topological polar surface area (TPSA) is 219 Å². The van der Waals surface area contributed by atoms with Crippen LogP contribution >= 0.6 is 0 Å². The van der Waals surface area contributed by atoms with E-state index >= 15 is 0 Å². The molecule has 0 aromatic heterocycles. The minimum Gasteiger partial charge on any atom is -0.479 e.